The van der Waals surface area contributed by atoms with Crippen molar-refractivity contribution in [2.75, 3.05) is 6.54 Å². The zero-order chi connectivity index (χ0) is 5.28. The van der Waals surface area contributed by atoms with Crippen molar-refractivity contribution in [1.82, 2.24) is 5.32 Å². The minimum Gasteiger partial charge on any atom is -0.314 e. The molecule has 0 saturated heterocycles. The Hall–Kier alpha value is -0.0400. The average Bonchev–Trinajstić information content (AvgIpc) is 2.22. The van der Waals surface area contributed by atoms with E-state index in [-0.39, 0.29) is 0 Å². The number of nitrogens with one attached hydrogen (secondary N) is 1. The van der Waals surface area contributed by atoms with Gasteiger partial charge in [-0.25, -0.2) is 0 Å². The molecule has 0 aromatic heterocycles. The number of hydrogen-bond acceptors (Lipinski definition) is 1. The van der Waals surface area contributed by atoms with Crippen molar-refractivity contribution >= 4 is 0 Å². The maximum Gasteiger partial charge on any atom is 0.00962 e. The smallest absolute Gasteiger partial charge is 0.00962 e. The Balaban J connectivity index is 1.98. The van der Waals surface area contributed by atoms with Gasteiger partial charge in [0.15, 0.2) is 0 Å². The van der Waals surface area contributed by atoms with Crippen LogP contribution >= 0.6 is 0 Å². The van der Waals surface area contributed by atoms with Gasteiger partial charge in [-0.15, -0.1) is 0 Å². The Bertz CT molecular complexity index is 61.2. The molecule has 2 atom stereocenters. The third-order valence-electron chi connectivity index (χ3n) is 1.58. The van der Waals surface area contributed by atoms with Crippen molar-refractivity contribution in [3.05, 3.63) is 0 Å². The van der Waals surface area contributed by atoms with Crippen LogP contribution in [-0.2, 0) is 0 Å². The van der Waals surface area contributed by atoms with Gasteiger partial charge in [0, 0.05) is 6.04 Å². The Morgan fingerprint density at radius 3 is 2.43 bits per heavy atom. The fourth-order valence-corrected chi connectivity index (χ4v) is 0.869. The van der Waals surface area contributed by atoms with E-state index in [0.717, 1.165) is 18.5 Å². The maximum atomic E-state index is 3.37. The second-order valence-corrected chi connectivity index (χ2v) is 2.38. The third kappa shape index (κ3) is 1.16. The molecule has 1 heteroatoms. The normalized spacial score (nSPS) is 38.6. The highest BCUT2D eigenvalue weighted by atomic mass is 14.9. The molecule has 0 spiro atoms. The van der Waals surface area contributed by atoms with Gasteiger partial charge in [0.1, 0.15) is 0 Å². The van der Waals surface area contributed by atoms with E-state index in [2.05, 4.69) is 19.2 Å². The monoisotopic (exact) mass is 99.1 g/mol. The SMILES string of the molecule is CCN[C@H]1C[C@@H]1C. The first-order valence-corrected chi connectivity index (χ1v) is 3.08. The summed E-state index contributed by atoms with van der Waals surface area (Å²) in [6.07, 6.45) is 1.40. The third-order valence-corrected chi connectivity index (χ3v) is 1.58. The fourth-order valence-electron chi connectivity index (χ4n) is 0.869. The van der Waals surface area contributed by atoms with Crippen molar-refractivity contribution in [1.29, 1.82) is 0 Å². The second kappa shape index (κ2) is 1.83. The lowest BCUT2D eigenvalue weighted by atomic mass is 10.5. The molecule has 0 bridgehead atoms. The van der Waals surface area contributed by atoms with Crippen molar-refractivity contribution in [3.63, 3.8) is 0 Å². The lowest BCUT2D eigenvalue weighted by Gasteiger charge is -1.92. The molecule has 42 valence electrons. The highest BCUT2D eigenvalue weighted by Gasteiger charge is 2.30. The first kappa shape index (κ1) is 5.10. The van der Waals surface area contributed by atoms with E-state index in [1.54, 1.807) is 0 Å². The van der Waals surface area contributed by atoms with Crippen LogP contribution in [0.15, 0.2) is 0 Å². The summed E-state index contributed by atoms with van der Waals surface area (Å²) in [7, 11) is 0. The zero-order valence-electron chi connectivity index (χ0n) is 5.07. The summed E-state index contributed by atoms with van der Waals surface area (Å²) < 4.78 is 0. The molecular weight excluding hydrogens is 86.1 g/mol. The van der Waals surface area contributed by atoms with Gasteiger partial charge in [-0.3, -0.25) is 0 Å². The lowest BCUT2D eigenvalue weighted by Crippen LogP contribution is -2.16. The first-order valence-electron chi connectivity index (χ1n) is 3.08. The van der Waals surface area contributed by atoms with Crippen LogP contribution in [0.1, 0.15) is 20.3 Å². The van der Waals surface area contributed by atoms with Crippen LogP contribution in [0, 0.1) is 5.92 Å². The summed E-state index contributed by atoms with van der Waals surface area (Å²) in [5, 5.41) is 3.37. The molecule has 1 aliphatic rings. The van der Waals surface area contributed by atoms with Crippen LogP contribution in [0.2, 0.25) is 0 Å². The Labute approximate surface area is 45.1 Å². The number of rotatable bonds is 2. The Kier molecular flexibility index (Phi) is 1.33. The minimum absolute atomic E-state index is 0.866. The molecule has 0 aromatic rings. The molecule has 7 heavy (non-hydrogen) atoms. The summed E-state index contributed by atoms with van der Waals surface area (Å²) in [5.41, 5.74) is 0. The van der Waals surface area contributed by atoms with Crippen LogP contribution in [0.4, 0.5) is 0 Å². The van der Waals surface area contributed by atoms with Gasteiger partial charge in [-0.05, 0) is 18.9 Å². The van der Waals surface area contributed by atoms with Crippen LogP contribution < -0.4 is 5.32 Å². The highest BCUT2D eigenvalue weighted by molar-refractivity contribution is 4.88. The molecule has 0 radical (unpaired) electrons. The molecular formula is C6H13N. The molecule has 1 aliphatic carbocycles. The summed E-state index contributed by atoms with van der Waals surface area (Å²) in [5.74, 6) is 0.958. The van der Waals surface area contributed by atoms with Gasteiger partial charge < -0.3 is 5.32 Å². The Morgan fingerprint density at radius 2 is 2.29 bits per heavy atom. The molecule has 1 nitrogen and oxygen atoms in total. The highest BCUT2D eigenvalue weighted by Crippen LogP contribution is 2.28. The molecule has 0 amide bonds. The van der Waals surface area contributed by atoms with Crippen molar-refractivity contribution in [2.24, 2.45) is 5.92 Å². The molecule has 0 heterocycles. The molecule has 0 aliphatic heterocycles. The van der Waals surface area contributed by atoms with E-state index >= 15 is 0 Å². The van der Waals surface area contributed by atoms with Crippen molar-refractivity contribution in [3.8, 4) is 0 Å². The first-order chi connectivity index (χ1) is 3.34. The predicted octanol–water partition coefficient (Wildman–Crippen LogP) is 1.00. The molecule has 0 aromatic carbocycles. The van der Waals surface area contributed by atoms with Gasteiger partial charge in [0.2, 0.25) is 0 Å². The molecule has 1 rings (SSSR count). The standard InChI is InChI=1S/C6H13N/c1-3-7-6-4-5(6)2/h5-7H,3-4H2,1-2H3/t5-,6-/m0/s1. The predicted molar refractivity (Wildman–Crippen MR) is 31.2 cm³/mol. The number of hydrogen-bond donors (Lipinski definition) is 1. The zero-order valence-corrected chi connectivity index (χ0v) is 5.07. The van der Waals surface area contributed by atoms with E-state index in [4.69, 9.17) is 0 Å². The topological polar surface area (TPSA) is 12.0 Å². The lowest BCUT2D eigenvalue weighted by molar-refractivity contribution is 0.680. The van der Waals surface area contributed by atoms with Gasteiger partial charge in [-0.1, -0.05) is 13.8 Å². The quantitative estimate of drug-likeness (QED) is 0.544. The van der Waals surface area contributed by atoms with Gasteiger partial charge in [0.25, 0.3) is 0 Å². The fraction of sp³-hybridized carbons (Fsp3) is 1.00. The average molecular weight is 99.2 g/mol. The van der Waals surface area contributed by atoms with Gasteiger partial charge >= 0.3 is 0 Å². The van der Waals surface area contributed by atoms with Crippen molar-refractivity contribution in [2.45, 2.75) is 26.3 Å². The van der Waals surface area contributed by atoms with Crippen molar-refractivity contribution < 1.29 is 0 Å². The summed E-state index contributed by atoms with van der Waals surface area (Å²) in [6, 6.07) is 0.866. The second-order valence-electron chi connectivity index (χ2n) is 2.38. The van der Waals surface area contributed by atoms with Crippen LogP contribution in [-0.4, -0.2) is 12.6 Å². The van der Waals surface area contributed by atoms with E-state index in [1.165, 1.54) is 6.42 Å². The molecule has 1 N–H and O–H groups in total. The van der Waals surface area contributed by atoms with E-state index in [0.29, 0.717) is 0 Å². The van der Waals surface area contributed by atoms with Crippen LogP contribution in [0.5, 0.6) is 0 Å². The van der Waals surface area contributed by atoms with E-state index < -0.39 is 0 Å². The maximum absolute atomic E-state index is 3.37. The summed E-state index contributed by atoms with van der Waals surface area (Å²) in [4.78, 5) is 0. The van der Waals surface area contributed by atoms with Gasteiger partial charge in [0.05, 0.1) is 0 Å². The molecule has 0 unspecified atom stereocenters. The van der Waals surface area contributed by atoms with Crippen LogP contribution in [0.3, 0.4) is 0 Å². The largest absolute Gasteiger partial charge is 0.314 e. The molecule has 1 saturated carbocycles. The van der Waals surface area contributed by atoms with E-state index in [9.17, 15) is 0 Å². The van der Waals surface area contributed by atoms with Crippen LogP contribution in [0.25, 0.3) is 0 Å². The molecule has 1 fully saturated rings. The summed E-state index contributed by atoms with van der Waals surface area (Å²) in [6.45, 7) is 5.58. The van der Waals surface area contributed by atoms with Gasteiger partial charge in [-0.2, -0.15) is 0 Å². The summed E-state index contributed by atoms with van der Waals surface area (Å²) >= 11 is 0. The van der Waals surface area contributed by atoms with E-state index in [1.807, 2.05) is 0 Å². The minimum atomic E-state index is 0.866. The Morgan fingerprint density at radius 1 is 1.71 bits per heavy atom.